The van der Waals surface area contributed by atoms with Crippen LogP contribution in [0.3, 0.4) is 0 Å². The molecule has 0 unspecified atom stereocenters. The van der Waals surface area contributed by atoms with Gasteiger partial charge in [-0.2, -0.15) is 0 Å². The van der Waals surface area contributed by atoms with Gasteiger partial charge in [0, 0.05) is 11.6 Å². The molecule has 1 rings (SSSR count). The maximum atomic E-state index is 10.9. The number of nitrogens with zero attached hydrogens (tertiary/aromatic N) is 1. The van der Waals surface area contributed by atoms with Crippen LogP contribution in [0.1, 0.15) is 6.92 Å². The van der Waals surface area contributed by atoms with Crippen LogP contribution in [0, 0.1) is 0 Å². The number of amides is 2. The molecule has 1 aliphatic heterocycles. The molecule has 0 saturated heterocycles. The molecule has 4 nitrogen and oxygen atoms in total. The van der Waals surface area contributed by atoms with E-state index in [1.165, 1.54) is 13.2 Å². The normalized spacial score (nSPS) is 18.2. The second-order valence-electron chi connectivity index (χ2n) is 1.95. The molecule has 0 aromatic rings. The molecule has 0 aromatic heterocycles. The van der Waals surface area contributed by atoms with Gasteiger partial charge < -0.3 is 0 Å². The van der Waals surface area contributed by atoms with Crippen molar-refractivity contribution >= 4 is 11.8 Å². The minimum atomic E-state index is -0.412. The van der Waals surface area contributed by atoms with Crippen molar-refractivity contribution in [1.82, 2.24) is 5.06 Å². The first-order valence-electron chi connectivity index (χ1n) is 2.77. The molecule has 0 saturated carbocycles. The molecule has 2 amide bonds. The van der Waals surface area contributed by atoms with E-state index in [9.17, 15) is 9.59 Å². The van der Waals surface area contributed by atoms with Crippen LogP contribution >= 0.6 is 0 Å². The van der Waals surface area contributed by atoms with Crippen molar-refractivity contribution < 1.29 is 14.4 Å². The molecule has 0 spiro atoms. The van der Waals surface area contributed by atoms with Crippen molar-refractivity contribution in [3.63, 3.8) is 0 Å². The number of hydroxylamine groups is 2. The van der Waals surface area contributed by atoms with Crippen LogP contribution in [0.5, 0.6) is 0 Å². The van der Waals surface area contributed by atoms with Gasteiger partial charge >= 0.3 is 0 Å². The fourth-order valence-corrected chi connectivity index (χ4v) is 0.739. The molecule has 0 aromatic carbocycles. The van der Waals surface area contributed by atoms with Crippen molar-refractivity contribution in [2.75, 3.05) is 7.11 Å². The molecule has 0 bridgehead atoms. The van der Waals surface area contributed by atoms with Gasteiger partial charge in [0.25, 0.3) is 11.8 Å². The second-order valence-corrected chi connectivity index (χ2v) is 1.95. The van der Waals surface area contributed by atoms with Crippen molar-refractivity contribution in [3.05, 3.63) is 11.6 Å². The van der Waals surface area contributed by atoms with E-state index in [0.29, 0.717) is 5.57 Å². The van der Waals surface area contributed by atoms with Crippen LogP contribution in [0.2, 0.25) is 0 Å². The number of hydrogen-bond donors (Lipinski definition) is 0. The second kappa shape index (κ2) is 2.22. The zero-order valence-electron chi connectivity index (χ0n) is 5.75. The van der Waals surface area contributed by atoms with Crippen LogP contribution < -0.4 is 0 Å². The van der Waals surface area contributed by atoms with Crippen molar-refractivity contribution in [2.45, 2.75) is 6.92 Å². The lowest BCUT2D eigenvalue weighted by Gasteiger charge is -2.08. The Morgan fingerprint density at radius 1 is 1.50 bits per heavy atom. The Hall–Kier alpha value is -1.16. The first-order chi connectivity index (χ1) is 4.66. The van der Waals surface area contributed by atoms with Crippen molar-refractivity contribution in [3.8, 4) is 0 Å². The first kappa shape index (κ1) is 6.95. The summed E-state index contributed by atoms with van der Waals surface area (Å²) in [6, 6.07) is 0. The number of imide groups is 1. The largest absolute Gasteiger partial charge is 0.280 e. The Kier molecular flexibility index (Phi) is 1.55. The number of hydrogen-bond acceptors (Lipinski definition) is 3. The van der Waals surface area contributed by atoms with E-state index in [0.717, 1.165) is 5.06 Å². The third-order valence-corrected chi connectivity index (χ3v) is 1.24. The molecule has 10 heavy (non-hydrogen) atoms. The Morgan fingerprint density at radius 3 is 2.30 bits per heavy atom. The molecule has 0 atom stereocenters. The summed E-state index contributed by atoms with van der Waals surface area (Å²) >= 11 is 0. The smallest absolute Gasteiger partial charge is 0.267 e. The summed E-state index contributed by atoms with van der Waals surface area (Å²) in [6.45, 7) is 1.57. The van der Waals surface area contributed by atoms with Gasteiger partial charge in [-0.05, 0) is 6.92 Å². The highest BCUT2D eigenvalue weighted by Gasteiger charge is 2.28. The van der Waals surface area contributed by atoms with Crippen LogP contribution in [0.4, 0.5) is 0 Å². The van der Waals surface area contributed by atoms with Crippen LogP contribution in [0.15, 0.2) is 11.6 Å². The number of carbonyl (C=O) groups is 2. The maximum Gasteiger partial charge on any atom is 0.280 e. The number of rotatable bonds is 1. The molecule has 1 aliphatic rings. The molecule has 0 aliphatic carbocycles. The van der Waals surface area contributed by atoms with Gasteiger partial charge in [0.2, 0.25) is 0 Å². The lowest BCUT2D eigenvalue weighted by Crippen LogP contribution is -2.29. The maximum absolute atomic E-state index is 10.9. The zero-order valence-corrected chi connectivity index (χ0v) is 5.75. The summed E-state index contributed by atoms with van der Waals surface area (Å²) in [5.41, 5.74) is 0.409. The van der Waals surface area contributed by atoms with E-state index in [4.69, 9.17) is 0 Å². The van der Waals surface area contributed by atoms with E-state index >= 15 is 0 Å². The molecule has 1 heterocycles. The summed E-state index contributed by atoms with van der Waals surface area (Å²) in [4.78, 5) is 26.1. The van der Waals surface area contributed by atoms with Crippen molar-refractivity contribution in [2.24, 2.45) is 0 Å². The highest BCUT2D eigenvalue weighted by atomic mass is 16.7. The van der Waals surface area contributed by atoms with E-state index < -0.39 is 5.91 Å². The van der Waals surface area contributed by atoms with Gasteiger partial charge in [-0.3, -0.25) is 14.4 Å². The topological polar surface area (TPSA) is 46.6 Å². The van der Waals surface area contributed by atoms with Crippen LogP contribution in [-0.4, -0.2) is 24.0 Å². The zero-order chi connectivity index (χ0) is 7.72. The van der Waals surface area contributed by atoms with E-state index in [2.05, 4.69) is 4.84 Å². The van der Waals surface area contributed by atoms with Crippen LogP contribution in [0.25, 0.3) is 0 Å². The van der Waals surface area contributed by atoms with E-state index in [1.54, 1.807) is 6.92 Å². The van der Waals surface area contributed by atoms with Gasteiger partial charge in [0.05, 0.1) is 7.11 Å². The summed E-state index contributed by atoms with van der Waals surface area (Å²) in [5.74, 6) is -0.794. The third kappa shape index (κ3) is 0.823. The SMILES string of the molecule is CON1C(=O)C=C(C)C1=O. The van der Waals surface area contributed by atoms with Gasteiger partial charge in [0.1, 0.15) is 0 Å². The summed E-state index contributed by atoms with van der Waals surface area (Å²) in [5, 5.41) is 0.718. The quantitative estimate of drug-likeness (QED) is 0.477. The molecule has 0 fully saturated rings. The highest BCUT2D eigenvalue weighted by Crippen LogP contribution is 2.10. The third-order valence-electron chi connectivity index (χ3n) is 1.24. The fraction of sp³-hybridized carbons (Fsp3) is 0.333. The standard InChI is InChI=1S/C6H7NO3/c1-4-3-5(8)7(10-2)6(4)9/h3H,1-2H3. The molecule has 54 valence electrons. The predicted molar refractivity (Wildman–Crippen MR) is 32.6 cm³/mol. The minimum absolute atomic E-state index is 0.382. The molecular formula is C6H7NO3. The van der Waals surface area contributed by atoms with Gasteiger partial charge in [-0.25, -0.2) is 0 Å². The van der Waals surface area contributed by atoms with Gasteiger partial charge in [-0.15, -0.1) is 5.06 Å². The summed E-state index contributed by atoms with van der Waals surface area (Å²) in [7, 11) is 1.28. The lowest BCUT2D eigenvalue weighted by molar-refractivity contribution is -0.177. The van der Waals surface area contributed by atoms with Crippen LogP contribution in [-0.2, 0) is 14.4 Å². The average molecular weight is 141 g/mol. The summed E-state index contributed by atoms with van der Waals surface area (Å²) in [6.07, 6.45) is 1.24. The monoisotopic (exact) mass is 141 g/mol. The molecule has 0 N–H and O–H groups in total. The molecule has 0 radical (unpaired) electrons. The Labute approximate surface area is 58.0 Å². The molecule has 4 heteroatoms. The Morgan fingerprint density at radius 2 is 2.10 bits per heavy atom. The van der Waals surface area contributed by atoms with E-state index in [1.807, 2.05) is 0 Å². The lowest BCUT2D eigenvalue weighted by atomic mass is 10.3. The predicted octanol–water partition coefficient (Wildman–Crippen LogP) is -0.137. The number of carbonyl (C=O) groups excluding carboxylic acids is 2. The minimum Gasteiger partial charge on any atom is -0.267 e. The average Bonchev–Trinajstić information content (AvgIpc) is 2.09. The Balaban J connectivity index is 2.87. The van der Waals surface area contributed by atoms with Gasteiger partial charge in [0.15, 0.2) is 0 Å². The Bertz CT molecular complexity index is 219. The molecular weight excluding hydrogens is 134 g/mol. The summed E-state index contributed by atoms with van der Waals surface area (Å²) < 4.78 is 0. The highest BCUT2D eigenvalue weighted by molar-refractivity contribution is 6.14. The fourth-order valence-electron chi connectivity index (χ4n) is 0.739. The van der Waals surface area contributed by atoms with E-state index in [-0.39, 0.29) is 5.91 Å². The van der Waals surface area contributed by atoms with Crippen molar-refractivity contribution in [1.29, 1.82) is 0 Å². The first-order valence-corrected chi connectivity index (χ1v) is 2.77. The van der Waals surface area contributed by atoms with Gasteiger partial charge in [-0.1, -0.05) is 0 Å².